The highest BCUT2D eigenvalue weighted by Gasteiger charge is 2.50. The third-order valence-corrected chi connectivity index (χ3v) is 7.71. The largest absolute Gasteiger partial charge is 0.497 e. The van der Waals surface area contributed by atoms with E-state index in [2.05, 4.69) is 10.7 Å². The molecule has 4 amide bonds. The van der Waals surface area contributed by atoms with E-state index in [0.717, 1.165) is 0 Å². The fourth-order valence-corrected chi connectivity index (χ4v) is 5.15. The number of amides is 4. The summed E-state index contributed by atoms with van der Waals surface area (Å²) in [5, 5.41) is 3.21. The first kappa shape index (κ1) is 23.7. The number of imide groups is 1. The van der Waals surface area contributed by atoms with Crippen LogP contribution in [0.3, 0.4) is 0 Å². The van der Waals surface area contributed by atoms with Crippen LogP contribution >= 0.6 is 0 Å². The Hall–Kier alpha value is -3.48. The summed E-state index contributed by atoms with van der Waals surface area (Å²) in [7, 11) is -2.20. The molecule has 0 saturated carbocycles. The Morgan fingerprint density at radius 1 is 1.06 bits per heavy atom. The molecule has 12 heteroatoms. The van der Waals surface area contributed by atoms with E-state index in [0.29, 0.717) is 29.5 Å². The summed E-state index contributed by atoms with van der Waals surface area (Å²) in [6.45, 7) is 2.68. The SMILES string of the molecule is COc1ccc(C2(C)NC(=O)N(NC(=O)c3ccc(S(=O)(=O)N4CCOCC4)cc3)C2=O)cc1. The molecule has 34 heavy (non-hydrogen) atoms. The topological polar surface area (TPSA) is 134 Å². The van der Waals surface area contributed by atoms with Gasteiger partial charge in [-0.3, -0.25) is 15.0 Å². The molecule has 2 saturated heterocycles. The smallest absolute Gasteiger partial charge is 0.344 e. The third-order valence-electron chi connectivity index (χ3n) is 5.80. The number of sulfonamides is 1. The van der Waals surface area contributed by atoms with Gasteiger partial charge in [-0.05, 0) is 48.9 Å². The summed E-state index contributed by atoms with van der Waals surface area (Å²) in [4.78, 5) is 38.2. The quantitative estimate of drug-likeness (QED) is 0.575. The number of hydrazine groups is 1. The number of nitrogens with zero attached hydrogens (tertiary/aromatic N) is 2. The maximum atomic E-state index is 13.0. The van der Waals surface area contributed by atoms with Crippen LogP contribution in [-0.4, -0.2) is 69.0 Å². The highest BCUT2D eigenvalue weighted by Crippen LogP contribution is 2.29. The van der Waals surface area contributed by atoms with Gasteiger partial charge in [0.1, 0.15) is 11.3 Å². The molecule has 11 nitrogen and oxygen atoms in total. The van der Waals surface area contributed by atoms with Crippen molar-refractivity contribution in [2.45, 2.75) is 17.4 Å². The van der Waals surface area contributed by atoms with Crippen LogP contribution in [-0.2, 0) is 25.1 Å². The molecular formula is C22H24N4O7S. The van der Waals surface area contributed by atoms with E-state index in [4.69, 9.17) is 9.47 Å². The first-order valence-electron chi connectivity index (χ1n) is 10.5. The Kier molecular flexibility index (Phi) is 6.30. The van der Waals surface area contributed by atoms with Gasteiger partial charge in [-0.2, -0.15) is 9.31 Å². The minimum absolute atomic E-state index is 0.0352. The Bertz CT molecular complexity index is 1210. The standard InChI is InChI=1S/C22H24N4O7S/c1-22(16-5-7-17(32-2)8-6-16)20(28)26(21(29)23-22)24-19(27)15-3-9-18(10-4-15)34(30,31)25-11-13-33-14-12-25/h3-10H,11-14H2,1-2H3,(H,23,29)(H,24,27). The monoisotopic (exact) mass is 488 g/mol. The van der Waals surface area contributed by atoms with E-state index >= 15 is 0 Å². The van der Waals surface area contributed by atoms with Gasteiger partial charge in [0.25, 0.3) is 11.8 Å². The number of ether oxygens (including phenoxy) is 2. The van der Waals surface area contributed by atoms with Crippen LogP contribution in [0.1, 0.15) is 22.8 Å². The van der Waals surface area contributed by atoms with Crippen LogP contribution in [0.25, 0.3) is 0 Å². The van der Waals surface area contributed by atoms with Crippen molar-refractivity contribution < 1.29 is 32.3 Å². The first-order chi connectivity index (χ1) is 16.2. The number of benzene rings is 2. The van der Waals surface area contributed by atoms with Crippen molar-refractivity contribution in [3.05, 3.63) is 59.7 Å². The molecule has 1 unspecified atom stereocenters. The van der Waals surface area contributed by atoms with Gasteiger partial charge in [0, 0.05) is 18.7 Å². The minimum Gasteiger partial charge on any atom is -0.497 e. The van der Waals surface area contributed by atoms with E-state index in [1.165, 1.54) is 42.6 Å². The average Bonchev–Trinajstić information content (AvgIpc) is 3.08. The summed E-state index contributed by atoms with van der Waals surface area (Å²) in [5.41, 5.74) is 1.51. The average molecular weight is 489 g/mol. The molecule has 2 aliphatic heterocycles. The molecule has 2 aliphatic rings. The highest BCUT2D eigenvalue weighted by molar-refractivity contribution is 7.89. The molecule has 2 fully saturated rings. The van der Waals surface area contributed by atoms with Crippen LogP contribution in [0.4, 0.5) is 4.79 Å². The molecule has 2 N–H and O–H groups in total. The molecule has 0 aromatic heterocycles. The van der Waals surface area contributed by atoms with Crippen molar-refractivity contribution in [3.63, 3.8) is 0 Å². The van der Waals surface area contributed by atoms with Crippen LogP contribution in [0.5, 0.6) is 5.75 Å². The minimum atomic E-state index is -3.71. The van der Waals surface area contributed by atoms with Crippen molar-refractivity contribution in [1.82, 2.24) is 20.1 Å². The van der Waals surface area contributed by atoms with Gasteiger partial charge < -0.3 is 14.8 Å². The van der Waals surface area contributed by atoms with Crippen LogP contribution in [0, 0.1) is 0 Å². The predicted octanol–water partition coefficient (Wildman–Crippen LogP) is 0.828. The lowest BCUT2D eigenvalue weighted by Crippen LogP contribution is -2.47. The molecule has 180 valence electrons. The molecule has 1 atom stereocenters. The number of urea groups is 1. The van der Waals surface area contributed by atoms with Gasteiger partial charge in [-0.25, -0.2) is 13.2 Å². The van der Waals surface area contributed by atoms with Crippen molar-refractivity contribution in [3.8, 4) is 5.75 Å². The number of methoxy groups -OCH3 is 1. The first-order valence-corrected chi connectivity index (χ1v) is 11.9. The number of rotatable bonds is 6. The summed E-state index contributed by atoms with van der Waals surface area (Å²) in [6.07, 6.45) is 0. The second-order valence-corrected chi connectivity index (χ2v) is 9.84. The van der Waals surface area contributed by atoms with Crippen molar-refractivity contribution in [2.75, 3.05) is 33.4 Å². The summed E-state index contributed by atoms with van der Waals surface area (Å²) in [5.74, 6) is -0.811. The zero-order valence-electron chi connectivity index (χ0n) is 18.6. The number of nitrogens with one attached hydrogen (secondary N) is 2. The predicted molar refractivity (Wildman–Crippen MR) is 119 cm³/mol. The van der Waals surface area contributed by atoms with Gasteiger partial charge in [-0.1, -0.05) is 12.1 Å². The Morgan fingerprint density at radius 3 is 2.26 bits per heavy atom. The van der Waals surface area contributed by atoms with E-state index in [-0.39, 0.29) is 23.5 Å². The maximum absolute atomic E-state index is 13.0. The highest BCUT2D eigenvalue weighted by atomic mass is 32.2. The summed E-state index contributed by atoms with van der Waals surface area (Å²) < 4.78 is 37.1. The van der Waals surface area contributed by atoms with Crippen molar-refractivity contribution in [1.29, 1.82) is 0 Å². The summed E-state index contributed by atoms with van der Waals surface area (Å²) in [6, 6.07) is 11.1. The molecule has 0 bridgehead atoms. The van der Waals surface area contributed by atoms with Gasteiger partial charge >= 0.3 is 6.03 Å². The molecular weight excluding hydrogens is 464 g/mol. The van der Waals surface area contributed by atoms with Crippen LogP contribution < -0.4 is 15.5 Å². The molecule has 0 spiro atoms. The summed E-state index contributed by atoms with van der Waals surface area (Å²) >= 11 is 0. The van der Waals surface area contributed by atoms with Crippen LogP contribution in [0.15, 0.2) is 53.4 Å². The number of hydrogen-bond donors (Lipinski definition) is 2. The normalized spacial score (nSPS) is 21.3. The third kappa shape index (κ3) is 4.22. The lowest BCUT2D eigenvalue weighted by atomic mass is 9.92. The molecule has 4 rings (SSSR count). The van der Waals surface area contributed by atoms with Gasteiger partial charge in [0.15, 0.2) is 0 Å². The molecule has 0 radical (unpaired) electrons. The lowest BCUT2D eigenvalue weighted by molar-refractivity contribution is -0.132. The van der Waals surface area contributed by atoms with Gasteiger partial charge in [0.05, 0.1) is 25.2 Å². The zero-order chi connectivity index (χ0) is 24.5. The van der Waals surface area contributed by atoms with E-state index in [9.17, 15) is 22.8 Å². The fourth-order valence-electron chi connectivity index (χ4n) is 3.74. The number of morpholine rings is 1. The Balaban J connectivity index is 1.48. The van der Waals surface area contributed by atoms with Gasteiger partial charge in [-0.15, -0.1) is 0 Å². The molecule has 0 aliphatic carbocycles. The van der Waals surface area contributed by atoms with Gasteiger partial charge in [0.2, 0.25) is 10.0 Å². The molecule has 2 aromatic rings. The van der Waals surface area contributed by atoms with E-state index < -0.39 is 33.4 Å². The van der Waals surface area contributed by atoms with E-state index in [1.54, 1.807) is 24.3 Å². The van der Waals surface area contributed by atoms with Crippen molar-refractivity contribution in [2.24, 2.45) is 0 Å². The number of carbonyl (C=O) groups is 3. The second kappa shape index (κ2) is 9.05. The fraction of sp³-hybridized carbons (Fsp3) is 0.318. The molecule has 2 heterocycles. The molecule has 2 aromatic carbocycles. The Labute approximate surface area is 196 Å². The lowest BCUT2D eigenvalue weighted by Gasteiger charge is -2.26. The van der Waals surface area contributed by atoms with Crippen LogP contribution in [0.2, 0.25) is 0 Å². The second-order valence-electron chi connectivity index (χ2n) is 7.91. The maximum Gasteiger partial charge on any atom is 0.344 e. The number of hydrogen-bond acceptors (Lipinski definition) is 7. The zero-order valence-corrected chi connectivity index (χ0v) is 19.4. The van der Waals surface area contributed by atoms with Crippen molar-refractivity contribution >= 4 is 27.9 Å². The Morgan fingerprint density at radius 2 is 1.68 bits per heavy atom. The van der Waals surface area contributed by atoms with E-state index in [1.807, 2.05) is 0 Å². The number of carbonyl (C=O) groups excluding carboxylic acids is 3.